The number of nitrogens with zero attached hydrogens (tertiary/aromatic N) is 5. The van der Waals surface area contributed by atoms with E-state index in [1.54, 1.807) is 6.92 Å². The molecule has 0 fully saturated rings. The number of rotatable bonds is 3. The molecule has 0 unspecified atom stereocenters. The van der Waals surface area contributed by atoms with Crippen molar-refractivity contribution in [2.45, 2.75) is 18.1 Å². The first-order chi connectivity index (χ1) is 12.5. The minimum atomic E-state index is -4.82. The SMILES string of the molecule is Cc1cc(-c2nc(C(F)(F)F)nn2-c2ccc(S(=O)(=O)O)nn2)ccc1Cl. The molecule has 3 rings (SSSR count). The van der Waals surface area contributed by atoms with E-state index in [-0.39, 0.29) is 17.2 Å². The predicted molar refractivity (Wildman–Crippen MR) is 86.9 cm³/mol. The van der Waals surface area contributed by atoms with Gasteiger partial charge in [0.25, 0.3) is 5.82 Å². The van der Waals surface area contributed by atoms with Gasteiger partial charge in [0.2, 0.25) is 5.03 Å². The molecule has 0 bridgehead atoms. The van der Waals surface area contributed by atoms with Gasteiger partial charge in [-0.05, 0) is 42.8 Å². The third-order valence-electron chi connectivity index (χ3n) is 3.38. The van der Waals surface area contributed by atoms with Crippen LogP contribution >= 0.6 is 11.6 Å². The minimum Gasteiger partial charge on any atom is -0.281 e. The van der Waals surface area contributed by atoms with Crippen LogP contribution in [0, 0.1) is 6.92 Å². The number of halogens is 4. The second-order valence-electron chi connectivity index (χ2n) is 5.34. The monoisotopic (exact) mass is 419 g/mol. The molecule has 27 heavy (non-hydrogen) atoms. The Balaban J connectivity index is 2.19. The smallest absolute Gasteiger partial charge is 0.281 e. The van der Waals surface area contributed by atoms with E-state index in [0.717, 1.165) is 16.8 Å². The molecule has 0 saturated carbocycles. The van der Waals surface area contributed by atoms with Crippen LogP contribution in [0.1, 0.15) is 11.4 Å². The van der Waals surface area contributed by atoms with Gasteiger partial charge in [-0.1, -0.05) is 11.6 Å². The minimum absolute atomic E-state index is 0.198. The largest absolute Gasteiger partial charge is 0.453 e. The fourth-order valence-electron chi connectivity index (χ4n) is 2.13. The summed E-state index contributed by atoms with van der Waals surface area (Å²) in [6.07, 6.45) is -4.82. The molecule has 0 aliphatic carbocycles. The number of aromatic nitrogens is 5. The van der Waals surface area contributed by atoms with Gasteiger partial charge in [-0.15, -0.1) is 15.3 Å². The van der Waals surface area contributed by atoms with E-state index in [0.29, 0.717) is 10.6 Å². The first-order valence-electron chi connectivity index (χ1n) is 7.09. The van der Waals surface area contributed by atoms with Gasteiger partial charge in [0.1, 0.15) is 0 Å². The molecule has 0 atom stereocenters. The second kappa shape index (κ2) is 6.55. The quantitative estimate of drug-likeness (QED) is 0.649. The van der Waals surface area contributed by atoms with Crippen molar-refractivity contribution in [1.82, 2.24) is 25.0 Å². The lowest BCUT2D eigenvalue weighted by atomic mass is 10.1. The fourth-order valence-corrected chi connectivity index (χ4v) is 2.63. The van der Waals surface area contributed by atoms with Gasteiger partial charge in [0.05, 0.1) is 0 Å². The molecule has 8 nitrogen and oxygen atoms in total. The maximum atomic E-state index is 13.1. The maximum absolute atomic E-state index is 13.1. The van der Waals surface area contributed by atoms with E-state index in [9.17, 15) is 21.6 Å². The van der Waals surface area contributed by atoms with Crippen LogP contribution < -0.4 is 0 Å². The number of alkyl halides is 3. The van der Waals surface area contributed by atoms with Crippen LogP contribution in [0.25, 0.3) is 17.2 Å². The average molecular weight is 420 g/mol. The Hall–Kier alpha value is -2.57. The van der Waals surface area contributed by atoms with Crippen molar-refractivity contribution in [3.63, 3.8) is 0 Å². The molecule has 13 heteroatoms. The molecule has 0 aliphatic rings. The van der Waals surface area contributed by atoms with E-state index in [2.05, 4.69) is 20.3 Å². The van der Waals surface area contributed by atoms with E-state index in [1.165, 1.54) is 18.2 Å². The van der Waals surface area contributed by atoms with Crippen molar-refractivity contribution in [2.75, 3.05) is 0 Å². The highest BCUT2D eigenvalue weighted by atomic mass is 35.5. The van der Waals surface area contributed by atoms with Crippen molar-refractivity contribution in [2.24, 2.45) is 0 Å². The van der Waals surface area contributed by atoms with Crippen molar-refractivity contribution in [3.05, 3.63) is 46.7 Å². The number of hydrogen-bond donors (Lipinski definition) is 1. The normalized spacial score (nSPS) is 12.4. The summed E-state index contributed by atoms with van der Waals surface area (Å²) < 4.78 is 71.0. The van der Waals surface area contributed by atoms with Crippen LogP contribution in [0.2, 0.25) is 5.02 Å². The zero-order valence-electron chi connectivity index (χ0n) is 13.3. The van der Waals surface area contributed by atoms with Gasteiger partial charge in [-0.2, -0.15) is 26.3 Å². The van der Waals surface area contributed by atoms with Gasteiger partial charge in [-0.25, -0.2) is 4.98 Å². The van der Waals surface area contributed by atoms with E-state index in [1.807, 2.05) is 0 Å². The third kappa shape index (κ3) is 3.91. The number of hydrogen-bond acceptors (Lipinski definition) is 6. The summed E-state index contributed by atoms with van der Waals surface area (Å²) in [5, 5.41) is 9.86. The van der Waals surface area contributed by atoms with E-state index >= 15 is 0 Å². The Bertz CT molecular complexity index is 1110. The average Bonchev–Trinajstić information content (AvgIpc) is 3.02. The Kier molecular flexibility index (Phi) is 4.66. The molecule has 142 valence electrons. The molecular weight excluding hydrogens is 411 g/mol. The summed E-state index contributed by atoms with van der Waals surface area (Å²) in [4.78, 5) is 3.52. The zero-order chi connectivity index (χ0) is 20.0. The summed E-state index contributed by atoms with van der Waals surface area (Å²) in [6, 6.07) is 6.38. The highest BCUT2D eigenvalue weighted by Gasteiger charge is 2.37. The van der Waals surface area contributed by atoms with E-state index < -0.39 is 27.1 Å². The van der Waals surface area contributed by atoms with Crippen LogP contribution in [0.15, 0.2) is 35.4 Å². The third-order valence-corrected chi connectivity index (χ3v) is 4.55. The van der Waals surface area contributed by atoms with Crippen LogP contribution in [0.4, 0.5) is 13.2 Å². The lowest BCUT2D eigenvalue weighted by Crippen LogP contribution is -2.10. The van der Waals surface area contributed by atoms with Gasteiger partial charge in [-0.3, -0.25) is 4.55 Å². The first-order valence-corrected chi connectivity index (χ1v) is 8.91. The van der Waals surface area contributed by atoms with Crippen molar-refractivity contribution < 1.29 is 26.1 Å². The fraction of sp³-hybridized carbons (Fsp3) is 0.143. The molecule has 0 spiro atoms. The molecule has 1 aromatic carbocycles. The van der Waals surface area contributed by atoms with Gasteiger partial charge >= 0.3 is 16.3 Å². The molecule has 2 aromatic heterocycles. The zero-order valence-corrected chi connectivity index (χ0v) is 14.9. The standard InChI is InChI=1S/C14H9ClF3N5O3S/c1-7-6-8(2-3-9(7)15)12-19-13(14(16,17)18)22-23(12)10-4-5-11(21-20-10)27(24,25)26/h2-6H,1H3,(H,24,25,26). The van der Waals surface area contributed by atoms with Crippen molar-refractivity contribution in [1.29, 1.82) is 0 Å². The lowest BCUT2D eigenvalue weighted by molar-refractivity contribution is -0.144. The first kappa shape index (κ1) is 19.2. The van der Waals surface area contributed by atoms with Crippen LogP contribution in [0.5, 0.6) is 0 Å². The Morgan fingerprint density at radius 2 is 1.85 bits per heavy atom. The molecule has 2 heterocycles. The van der Waals surface area contributed by atoms with Crippen LogP contribution in [-0.4, -0.2) is 37.9 Å². The Morgan fingerprint density at radius 3 is 2.37 bits per heavy atom. The molecule has 0 amide bonds. The summed E-state index contributed by atoms with van der Waals surface area (Å²) in [5.41, 5.74) is 0.880. The van der Waals surface area contributed by atoms with Crippen molar-refractivity contribution in [3.8, 4) is 17.2 Å². The summed E-state index contributed by atoms with van der Waals surface area (Å²) >= 11 is 5.94. The highest BCUT2D eigenvalue weighted by Crippen LogP contribution is 2.31. The highest BCUT2D eigenvalue weighted by molar-refractivity contribution is 7.85. The summed E-state index contributed by atoms with van der Waals surface area (Å²) in [6.45, 7) is 1.66. The number of benzene rings is 1. The topological polar surface area (TPSA) is 111 Å². The van der Waals surface area contributed by atoms with Gasteiger partial charge in [0.15, 0.2) is 11.6 Å². The van der Waals surface area contributed by atoms with E-state index in [4.69, 9.17) is 16.2 Å². The Labute approximate surface area is 155 Å². The van der Waals surface area contributed by atoms with Crippen molar-refractivity contribution >= 4 is 21.7 Å². The van der Waals surface area contributed by atoms with Crippen LogP contribution in [0.3, 0.4) is 0 Å². The molecule has 0 radical (unpaired) electrons. The molecule has 0 aliphatic heterocycles. The molecule has 1 N–H and O–H groups in total. The molecular formula is C14H9ClF3N5O3S. The Morgan fingerprint density at radius 1 is 1.15 bits per heavy atom. The summed E-state index contributed by atoms with van der Waals surface area (Å²) in [5.74, 6) is -1.84. The second-order valence-corrected chi connectivity index (χ2v) is 7.11. The lowest BCUT2D eigenvalue weighted by Gasteiger charge is -2.06. The number of aryl methyl sites for hydroxylation is 1. The predicted octanol–water partition coefficient (Wildman–Crippen LogP) is 2.95. The summed E-state index contributed by atoms with van der Waals surface area (Å²) in [7, 11) is -4.61. The maximum Gasteiger partial charge on any atom is 0.453 e. The molecule has 3 aromatic rings. The van der Waals surface area contributed by atoms with Crippen LogP contribution in [-0.2, 0) is 16.3 Å². The van der Waals surface area contributed by atoms with Gasteiger partial charge < -0.3 is 0 Å². The van der Waals surface area contributed by atoms with Gasteiger partial charge in [0, 0.05) is 10.6 Å². The molecule has 0 saturated heterocycles.